The summed E-state index contributed by atoms with van der Waals surface area (Å²) >= 11 is 1.51. The molecule has 0 saturated carbocycles. The highest BCUT2D eigenvalue weighted by Crippen LogP contribution is 2.37. The van der Waals surface area contributed by atoms with Crippen LogP contribution in [0.2, 0.25) is 0 Å². The summed E-state index contributed by atoms with van der Waals surface area (Å²) in [5, 5.41) is 1.91. The van der Waals surface area contributed by atoms with Crippen molar-refractivity contribution < 1.29 is 19.1 Å². The summed E-state index contributed by atoms with van der Waals surface area (Å²) in [6, 6.07) is 3.79. The number of esters is 2. The van der Waals surface area contributed by atoms with Crippen LogP contribution in [0, 0.1) is 5.92 Å². The smallest absolute Gasteiger partial charge is 0.324 e. The fourth-order valence-electron chi connectivity index (χ4n) is 2.16. The lowest BCUT2D eigenvalue weighted by Gasteiger charge is -2.35. The van der Waals surface area contributed by atoms with Crippen molar-refractivity contribution in [2.45, 2.75) is 32.0 Å². The summed E-state index contributed by atoms with van der Waals surface area (Å²) in [6.07, 6.45) is 2.22. The molecule has 1 atom stereocenters. The number of thiophene rings is 1. The summed E-state index contributed by atoms with van der Waals surface area (Å²) < 4.78 is 10.3. The van der Waals surface area contributed by atoms with E-state index in [0.717, 1.165) is 4.88 Å². The molecule has 5 heteroatoms. The van der Waals surface area contributed by atoms with Crippen LogP contribution in [0.25, 0.3) is 0 Å². The van der Waals surface area contributed by atoms with Gasteiger partial charge in [0.2, 0.25) is 0 Å². The number of hydrogen-bond acceptors (Lipinski definition) is 5. The van der Waals surface area contributed by atoms with Crippen molar-refractivity contribution in [2.75, 3.05) is 0 Å². The monoisotopic (exact) mass is 280 g/mol. The van der Waals surface area contributed by atoms with Crippen molar-refractivity contribution in [3.8, 4) is 0 Å². The van der Waals surface area contributed by atoms with Crippen LogP contribution in [0.5, 0.6) is 0 Å². The minimum absolute atomic E-state index is 0.270. The molecule has 102 valence electrons. The van der Waals surface area contributed by atoms with Crippen LogP contribution in [-0.4, -0.2) is 17.7 Å². The molecule has 1 saturated heterocycles. The zero-order chi connectivity index (χ0) is 14.0. The molecule has 1 aliphatic rings. The summed E-state index contributed by atoms with van der Waals surface area (Å²) in [5.41, 5.74) is 0. The quantitative estimate of drug-likeness (QED) is 0.483. The molecule has 1 fully saturated rings. The third kappa shape index (κ3) is 2.87. The van der Waals surface area contributed by atoms with E-state index in [9.17, 15) is 9.59 Å². The molecular weight excluding hydrogens is 264 g/mol. The van der Waals surface area contributed by atoms with Gasteiger partial charge in [-0.2, -0.15) is 0 Å². The van der Waals surface area contributed by atoms with E-state index in [4.69, 9.17) is 9.47 Å². The first-order valence-corrected chi connectivity index (χ1v) is 6.92. The topological polar surface area (TPSA) is 52.6 Å². The average molecular weight is 280 g/mol. The van der Waals surface area contributed by atoms with Crippen molar-refractivity contribution in [3.05, 3.63) is 35.0 Å². The van der Waals surface area contributed by atoms with Gasteiger partial charge in [0.1, 0.15) is 0 Å². The number of rotatable bonds is 4. The Morgan fingerprint density at radius 1 is 1.42 bits per heavy atom. The van der Waals surface area contributed by atoms with Crippen molar-refractivity contribution in [1.29, 1.82) is 0 Å². The van der Waals surface area contributed by atoms with Crippen molar-refractivity contribution in [3.63, 3.8) is 0 Å². The van der Waals surface area contributed by atoms with Crippen molar-refractivity contribution >= 4 is 23.3 Å². The van der Waals surface area contributed by atoms with Crippen LogP contribution >= 0.6 is 11.3 Å². The summed E-state index contributed by atoms with van der Waals surface area (Å²) in [4.78, 5) is 25.1. The number of hydrogen-bond donors (Lipinski definition) is 0. The Hall–Kier alpha value is -1.62. The van der Waals surface area contributed by atoms with E-state index in [1.54, 1.807) is 19.9 Å². The Balaban J connectivity index is 2.29. The van der Waals surface area contributed by atoms with Gasteiger partial charge in [-0.05, 0) is 17.9 Å². The Morgan fingerprint density at radius 3 is 2.53 bits per heavy atom. The zero-order valence-corrected chi connectivity index (χ0v) is 11.7. The van der Waals surface area contributed by atoms with E-state index in [2.05, 4.69) is 6.58 Å². The maximum atomic E-state index is 12.1. The largest absolute Gasteiger partial charge is 0.422 e. The minimum Gasteiger partial charge on any atom is -0.422 e. The number of cyclic esters (lactones) is 2. The van der Waals surface area contributed by atoms with E-state index < -0.39 is 23.6 Å². The van der Waals surface area contributed by atoms with Gasteiger partial charge in [-0.15, -0.1) is 17.9 Å². The summed E-state index contributed by atoms with van der Waals surface area (Å²) in [7, 11) is 0. The van der Waals surface area contributed by atoms with E-state index >= 15 is 0 Å². The van der Waals surface area contributed by atoms with Crippen LogP contribution in [0.3, 0.4) is 0 Å². The van der Waals surface area contributed by atoms with E-state index in [1.807, 2.05) is 17.5 Å². The first-order valence-electron chi connectivity index (χ1n) is 6.04. The number of allylic oxidation sites excluding steroid dienone is 1. The molecule has 1 aromatic heterocycles. The highest BCUT2D eigenvalue weighted by molar-refractivity contribution is 7.10. The number of ether oxygens (including phenoxy) is 2. The molecule has 4 nitrogen and oxygen atoms in total. The van der Waals surface area contributed by atoms with Crippen molar-refractivity contribution in [2.24, 2.45) is 5.92 Å². The maximum Gasteiger partial charge on any atom is 0.324 e. The molecule has 0 amide bonds. The second-order valence-corrected chi connectivity index (χ2v) is 5.85. The average Bonchev–Trinajstić information content (AvgIpc) is 2.78. The van der Waals surface area contributed by atoms with E-state index in [0.29, 0.717) is 6.42 Å². The highest BCUT2D eigenvalue weighted by atomic mass is 32.1. The summed E-state index contributed by atoms with van der Waals surface area (Å²) in [5.74, 6) is -3.42. The molecule has 1 unspecified atom stereocenters. The minimum atomic E-state index is -1.18. The highest BCUT2D eigenvalue weighted by Gasteiger charge is 2.47. The normalized spacial score (nSPS) is 20.5. The number of carbonyl (C=O) groups excluding carboxylic acids is 2. The van der Waals surface area contributed by atoms with Gasteiger partial charge < -0.3 is 9.47 Å². The van der Waals surface area contributed by atoms with Crippen LogP contribution < -0.4 is 0 Å². The molecule has 0 spiro atoms. The van der Waals surface area contributed by atoms with Gasteiger partial charge in [-0.25, -0.2) is 0 Å². The standard InChI is InChI=1S/C14H16O4S/c1-4-6-9(10-7-5-8-19-10)11-12(15)17-14(2,3)18-13(11)16/h4-5,7-9,11H,1,6H2,2-3H3. The first kappa shape index (κ1) is 13.8. The van der Waals surface area contributed by atoms with Crippen LogP contribution in [-0.2, 0) is 19.1 Å². The molecular formula is C14H16O4S. The lowest BCUT2D eigenvalue weighted by Crippen LogP contribution is -2.48. The molecule has 2 rings (SSSR count). The molecule has 1 aliphatic heterocycles. The third-order valence-corrected chi connectivity index (χ3v) is 3.94. The fraction of sp³-hybridized carbons (Fsp3) is 0.429. The molecule has 0 bridgehead atoms. The van der Waals surface area contributed by atoms with Crippen molar-refractivity contribution in [1.82, 2.24) is 0 Å². The second kappa shape index (κ2) is 5.17. The first-order chi connectivity index (χ1) is 8.94. The van der Waals surface area contributed by atoms with Crippen LogP contribution in [0.15, 0.2) is 30.2 Å². The summed E-state index contributed by atoms with van der Waals surface area (Å²) in [6.45, 7) is 6.78. The van der Waals surface area contributed by atoms with E-state index in [-0.39, 0.29) is 5.92 Å². The molecule has 0 aromatic carbocycles. The molecule has 0 N–H and O–H groups in total. The SMILES string of the molecule is C=CCC(c1cccs1)C1C(=O)OC(C)(C)OC1=O. The lowest BCUT2D eigenvalue weighted by molar-refractivity contribution is -0.241. The maximum absolute atomic E-state index is 12.1. The molecule has 19 heavy (non-hydrogen) atoms. The molecule has 0 radical (unpaired) electrons. The van der Waals surface area contributed by atoms with Crippen LogP contribution in [0.4, 0.5) is 0 Å². The van der Waals surface area contributed by atoms with Gasteiger partial charge in [0.25, 0.3) is 5.79 Å². The van der Waals surface area contributed by atoms with Gasteiger partial charge in [0, 0.05) is 24.6 Å². The Labute approximate surface area is 116 Å². The van der Waals surface area contributed by atoms with E-state index in [1.165, 1.54) is 11.3 Å². The predicted octanol–water partition coefficient (Wildman–Crippen LogP) is 2.86. The Morgan fingerprint density at radius 2 is 2.05 bits per heavy atom. The second-order valence-electron chi connectivity index (χ2n) is 4.87. The van der Waals surface area contributed by atoms with Gasteiger partial charge in [0.05, 0.1) is 0 Å². The molecule has 2 heterocycles. The number of carbonyl (C=O) groups is 2. The van der Waals surface area contributed by atoms with Gasteiger partial charge >= 0.3 is 11.9 Å². The Kier molecular flexibility index (Phi) is 3.75. The fourth-order valence-corrected chi connectivity index (χ4v) is 3.03. The molecule has 0 aliphatic carbocycles. The van der Waals surface area contributed by atoms with Gasteiger partial charge in [-0.1, -0.05) is 12.1 Å². The zero-order valence-electron chi connectivity index (χ0n) is 10.9. The lowest BCUT2D eigenvalue weighted by atomic mass is 9.87. The third-order valence-electron chi connectivity index (χ3n) is 2.93. The van der Waals surface area contributed by atoms with Gasteiger partial charge in [-0.3, -0.25) is 9.59 Å². The Bertz CT molecular complexity index is 470. The van der Waals surface area contributed by atoms with Gasteiger partial charge in [0.15, 0.2) is 5.92 Å². The van der Waals surface area contributed by atoms with Crippen LogP contribution in [0.1, 0.15) is 31.1 Å². The molecule has 1 aromatic rings. The predicted molar refractivity (Wildman–Crippen MR) is 71.6 cm³/mol.